The lowest BCUT2D eigenvalue weighted by Crippen LogP contribution is -2.47. The molecule has 0 spiro atoms. The normalized spacial score (nSPS) is 18.5. The third-order valence-corrected chi connectivity index (χ3v) is 4.89. The highest BCUT2D eigenvalue weighted by molar-refractivity contribution is 7.13. The smallest absolute Gasteiger partial charge is 0.123 e. The number of hydrogen-bond acceptors (Lipinski definition) is 5. The molecule has 1 fully saturated rings. The standard InChI is InChI=1S/C17H23N3OS/c1-14(21)11-19-7-9-20(10-8-19)12-16-13-22-17(18-16)15-5-3-2-4-6-15/h2-6,13-14,21H,7-12H2,1H3. The minimum Gasteiger partial charge on any atom is -0.392 e. The Hall–Kier alpha value is -1.27. The third-order valence-electron chi connectivity index (χ3n) is 3.95. The number of thiazole rings is 1. The van der Waals surface area contributed by atoms with Crippen molar-refractivity contribution >= 4 is 11.3 Å². The number of aliphatic hydroxyl groups excluding tert-OH is 1. The second-order valence-corrected chi connectivity index (χ2v) is 6.79. The molecule has 118 valence electrons. The van der Waals surface area contributed by atoms with E-state index in [1.807, 2.05) is 13.0 Å². The molecule has 1 atom stereocenters. The van der Waals surface area contributed by atoms with Gasteiger partial charge in [0.2, 0.25) is 0 Å². The van der Waals surface area contributed by atoms with E-state index in [0.717, 1.165) is 50.0 Å². The van der Waals surface area contributed by atoms with Crippen molar-refractivity contribution < 1.29 is 5.11 Å². The van der Waals surface area contributed by atoms with Crippen molar-refractivity contribution in [1.29, 1.82) is 0 Å². The summed E-state index contributed by atoms with van der Waals surface area (Å²) in [7, 11) is 0. The van der Waals surface area contributed by atoms with Crippen molar-refractivity contribution in [3.8, 4) is 10.6 Å². The van der Waals surface area contributed by atoms with Gasteiger partial charge >= 0.3 is 0 Å². The molecule has 4 nitrogen and oxygen atoms in total. The summed E-state index contributed by atoms with van der Waals surface area (Å²) in [6.07, 6.45) is -0.237. The lowest BCUT2D eigenvalue weighted by Gasteiger charge is -2.34. The first-order valence-electron chi connectivity index (χ1n) is 7.83. The first-order valence-corrected chi connectivity index (χ1v) is 8.71. The fourth-order valence-corrected chi connectivity index (χ4v) is 3.64. The molecule has 3 rings (SSSR count). The van der Waals surface area contributed by atoms with Crippen LogP contribution in [0.1, 0.15) is 12.6 Å². The Morgan fingerprint density at radius 2 is 1.82 bits per heavy atom. The fraction of sp³-hybridized carbons (Fsp3) is 0.471. The number of aliphatic hydroxyl groups is 1. The second kappa shape index (κ2) is 7.33. The van der Waals surface area contributed by atoms with Gasteiger partial charge in [-0.05, 0) is 6.92 Å². The summed E-state index contributed by atoms with van der Waals surface area (Å²) in [6, 6.07) is 10.4. The van der Waals surface area contributed by atoms with Crippen LogP contribution in [-0.4, -0.2) is 58.7 Å². The third kappa shape index (κ3) is 4.14. The van der Waals surface area contributed by atoms with Crippen LogP contribution in [0, 0.1) is 0 Å². The highest BCUT2D eigenvalue weighted by Crippen LogP contribution is 2.24. The maximum absolute atomic E-state index is 9.45. The van der Waals surface area contributed by atoms with Gasteiger partial charge in [-0.2, -0.15) is 0 Å². The number of hydrogen-bond donors (Lipinski definition) is 1. The van der Waals surface area contributed by atoms with Gasteiger partial charge < -0.3 is 5.11 Å². The molecule has 1 aromatic carbocycles. The molecule has 1 aliphatic rings. The maximum Gasteiger partial charge on any atom is 0.123 e. The Balaban J connectivity index is 1.54. The zero-order chi connectivity index (χ0) is 15.4. The van der Waals surface area contributed by atoms with Crippen LogP contribution in [0.4, 0.5) is 0 Å². The number of β-amino-alcohol motifs (C(OH)–C–C–N with tert-alkyl or cyclic N) is 1. The summed E-state index contributed by atoms with van der Waals surface area (Å²) in [5.74, 6) is 0. The van der Waals surface area contributed by atoms with Crippen LogP contribution in [0.15, 0.2) is 35.7 Å². The minimum atomic E-state index is -0.237. The average Bonchev–Trinajstić information content (AvgIpc) is 2.98. The Bertz CT molecular complexity index is 577. The van der Waals surface area contributed by atoms with Crippen LogP contribution >= 0.6 is 11.3 Å². The Morgan fingerprint density at radius 1 is 1.14 bits per heavy atom. The molecule has 0 amide bonds. The zero-order valence-electron chi connectivity index (χ0n) is 13.0. The van der Waals surface area contributed by atoms with Gasteiger partial charge in [-0.25, -0.2) is 4.98 Å². The van der Waals surface area contributed by atoms with E-state index in [4.69, 9.17) is 4.98 Å². The van der Waals surface area contributed by atoms with Crippen LogP contribution in [0.2, 0.25) is 0 Å². The molecule has 5 heteroatoms. The quantitative estimate of drug-likeness (QED) is 0.918. The molecule has 22 heavy (non-hydrogen) atoms. The van der Waals surface area contributed by atoms with E-state index in [2.05, 4.69) is 39.4 Å². The summed E-state index contributed by atoms with van der Waals surface area (Å²) in [5.41, 5.74) is 2.35. The molecule has 2 heterocycles. The molecular formula is C17H23N3OS. The van der Waals surface area contributed by atoms with Crippen molar-refractivity contribution in [2.24, 2.45) is 0 Å². The van der Waals surface area contributed by atoms with Gasteiger partial charge in [0.05, 0.1) is 11.8 Å². The average molecular weight is 317 g/mol. The number of benzene rings is 1. The maximum atomic E-state index is 9.45. The molecule has 1 saturated heterocycles. The van der Waals surface area contributed by atoms with E-state index in [0.29, 0.717) is 0 Å². The largest absolute Gasteiger partial charge is 0.392 e. The van der Waals surface area contributed by atoms with Crippen LogP contribution in [0.3, 0.4) is 0 Å². The molecule has 0 bridgehead atoms. The number of nitrogens with zero attached hydrogens (tertiary/aromatic N) is 3. The van der Waals surface area contributed by atoms with Gasteiger partial charge in [-0.15, -0.1) is 11.3 Å². The van der Waals surface area contributed by atoms with Gasteiger partial charge in [0.1, 0.15) is 5.01 Å². The zero-order valence-corrected chi connectivity index (χ0v) is 13.8. The molecule has 2 aromatic rings. The van der Waals surface area contributed by atoms with Gasteiger partial charge in [-0.1, -0.05) is 30.3 Å². The SMILES string of the molecule is CC(O)CN1CCN(Cc2csc(-c3ccccc3)n2)CC1. The molecule has 0 saturated carbocycles. The van der Waals surface area contributed by atoms with E-state index in [1.54, 1.807) is 11.3 Å². The molecule has 0 aliphatic carbocycles. The summed E-state index contributed by atoms with van der Waals surface area (Å²) in [6.45, 7) is 7.71. The highest BCUT2D eigenvalue weighted by atomic mass is 32.1. The predicted molar refractivity (Wildman–Crippen MR) is 90.9 cm³/mol. The summed E-state index contributed by atoms with van der Waals surface area (Å²) in [5, 5.41) is 12.7. The lowest BCUT2D eigenvalue weighted by atomic mass is 10.2. The van der Waals surface area contributed by atoms with Gasteiger partial charge in [0.25, 0.3) is 0 Å². The summed E-state index contributed by atoms with van der Waals surface area (Å²) >= 11 is 1.72. The Kier molecular flexibility index (Phi) is 5.20. The lowest BCUT2D eigenvalue weighted by molar-refractivity contribution is 0.0777. The first kappa shape index (κ1) is 15.6. The highest BCUT2D eigenvalue weighted by Gasteiger charge is 2.18. The number of piperazine rings is 1. The minimum absolute atomic E-state index is 0.237. The molecule has 1 aromatic heterocycles. The van der Waals surface area contributed by atoms with Crippen LogP contribution < -0.4 is 0 Å². The van der Waals surface area contributed by atoms with Crippen LogP contribution in [-0.2, 0) is 6.54 Å². The van der Waals surface area contributed by atoms with Crippen LogP contribution in [0.25, 0.3) is 10.6 Å². The van der Waals surface area contributed by atoms with E-state index in [-0.39, 0.29) is 6.10 Å². The first-order chi connectivity index (χ1) is 10.7. The van der Waals surface area contributed by atoms with E-state index in [9.17, 15) is 5.11 Å². The van der Waals surface area contributed by atoms with E-state index in [1.165, 1.54) is 5.56 Å². The molecule has 0 radical (unpaired) electrons. The molecule has 1 unspecified atom stereocenters. The van der Waals surface area contributed by atoms with Crippen molar-refractivity contribution in [2.75, 3.05) is 32.7 Å². The monoisotopic (exact) mass is 317 g/mol. The molecular weight excluding hydrogens is 294 g/mol. The fourth-order valence-electron chi connectivity index (χ4n) is 2.83. The predicted octanol–water partition coefficient (Wildman–Crippen LogP) is 2.31. The second-order valence-electron chi connectivity index (χ2n) is 5.94. The van der Waals surface area contributed by atoms with Crippen LogP contribution in [0.5, 0.6) is 0 Å². The summed E-state index contributed by atoms with van der Waals surface area (Å²) < 4.78 is 0. The Labute approximate surface area is 136 Å². The molecule has 1 N–H and O–H groups in total. The van der Waals surface area contributed by atoms with Crippen molar-refractivity contribution in [1.82, 2.24) is 14.8 Å². The molecule has 1 aliphatic heterocycles. The summed E-state index contributed by atoms with van der Waals surface area (Å²) in [4.78, 5) is 9.54. The van der Waals surface area contributed by atoms with E-state index < -0.39 is 0 Å². The Morgan fingerprint density at radius 3 is 2.50 bits per heavy atom. The van der Waals surface area contributed by atoms with E-state index >= 15 is 0 Å². The van der Waals surface area contributed by atoms with Gasteiger partial charge in [-0.3, -0.25) is 9.80 Å². The topological polar surface area (TPSA) is 39.6 Å². The van der Waals surface area contributed by atoms with Gasteiger partial charge in [0, 0.05) is 50.2 Å². The van der Waals surface area contributed by atoms with Crippen molar-refractivity contribution in [3.05, 3.63) is 41.4 Å². The van der Waals surface area contributed by atoms with Crippen molar-refractivity contribution in [3.63, 3.8) is 0 Å². The van der Waals surface area contributed by atoms with Crippen molar-refractivity contribution in [2.45, 2.75) is 19.6 Å². The van der Waals surface area contributed by atoms with Gasteiger partial charge in [0.15, 0.2) is 0 Å². The number of aromatic nitrogens is 1. The number of rotatable bonds is 5.